The lowest BCUT2D eigenvalue weighted by Crippen LogP contribution is -2.54. The first-order chi connectivity index (χ1) is 17.0. The summed E-state index contributed by atoms with van der Waals surface area (Å²) >= 11 is 0. The van der Waals surface area contributed by atoms with Gasteiger partial charge in [0.2, 0.25) is 5.91 Å². The summed E-state index contributed by atoms with van der Waals surface area (Å²) < 4.78 is 0. The molecule has 1 saturated heterocycles. The molecule has 4 rings (SSSR count). The second-order valence-electron chi connectivity index (χ2n) is 10.1. The van der Waals surface area contributed by atoms with E-state index in [1.54, 1.807) is 0 Å². The van der Waals surface area contributed by atoms with E-state index in [9.17, 15) is 14.7 Å². The van der Waals surface area contributed by atoms with E-state index in [1.807, 2.05) is 43.0 Å². The van der Waals surface area contributed by atoms with Crippen LogP contribution in [0.2, 0.25) is 0 Å². The Kier molecular flexibility index (Phi) is 8.44. The highest BCUT2D eigenvalue weighted by Crippen LogP contribution is 2.29. The third kappa shape index (κ3) is 6.04. The Morgan fingerprint density at radius 2 is 1.86 bits per heavy atom. The molecule has 0 bridgehead atoms. The number of carbonyl (C=O) groups is 2. The van der Waals surface area contributed by atoms with Gasteiger partial charge in [0.05, 0.1) is 5.69 Å². The number of amides is 3. The molecule has 4 N–H and O–H groups in total. The molecule has 35 heavy (non-hydrogen) atoms. The van der Waals surface area contributed by atoms with Crippen LogP contribution in [0.25, 0.3) is 11.1 Å². The van der Waals surface area contributed by atoms with Crippen molar-refractivity contribution in [1.29, 1.82) is 0 Å². The zero-order valence-corrected chi connectivity index (χ0v) is 21.0. The van der Waals surface area contributed by atoms with Gasteiger partial charge >= 0.3 is 6.03 Å². The molecule has 1 aromatic carbocycles. The Hall–Kier alpha value is -2.87. The van der Waals surface area contributed by atoms with Gasteiger partial charge in [-0.3, -0.25) is 9.89 Å². The molecule has 1 aromatic heterocycles. The number of urea groups is 1. The zero-order valence-electron chi connectivity index (χ0n) is 21.0. The fourth-order valence-corrected chi connectivity index (χ4v) is 5.73. The Balaban J connectivity index is 1.45. The van der Waals surface area contributed by atoms with Crippen molar-refractivity contribution in [2.75, 3.05) is 18.5 Å². The van der Waals surface area contributed by atoms with Crippen LogP contribution in [0.1, 0.15) is 69.2 Å². The second-order valence-corrected chi connectivity index (χ2v) is 10.1. The number of aliphatic hydroxyl groups is 1. The van der Waals surface area contributed by atoms with Crippen LogP contribution < -0.4 is 10.6 Å². The molecule has 2 aromatic rings. The van der Waals surface area contributed by atoms with E-state index in [0.29, 0.717) is 13.0 Å². The van der Waals surface area contributed by atoms with E-state index in [-0.39, 0.29) is 30.5 Å². The summed E-state index contributed by atoms with van der Waals surface area (Å²) in [6.45, 7) is 4.81. The molecular formula is C27H39N5O3. The first kappa shape index (κ1) is 25.2. The fraction of sp³-hybridized carbons (Fsp3) is 0.593. The number of likely N-dealkylation sites (tertiary alicyclic amines) is 1. The summed E-state index contributed by atoms with van der Waals surface area (Å²) in [6.07, 6.45) is 8.66. The number of rotatable bonds is 8. The van der Waals surface area contributed by atoms with Crippen molar-refractivity contribution in [2.24, 2.45) is 5.92 Å². The summed E-state index contributed by atoms with van der Waals surface area (Å²) in [5.41, 5.74) is 4.80. The molecule has 1 saturated carbocycles. The number of carbonyl (C=O) groups excluding carboxylic acids is 2. The van der Waals surface area contributed by atoms with Crippen molar-refractivity contribution in [2.45, 2.75) is 83.7 Å². The monoisotopic (exact) mass is 481 g/mol. The molecule has 1 aliphatic heterocycles. The van der Waals surface area contributed by atoms with Crippen LogP contribution in [0.3, 0.4) is 0 Å². The van der Waals surface area contributed by atoms with Crippen molar-refractivity contribution in [1.82, 2.24) is 20.4 Å². The predicted molar refractivity (Wildman–Crippen MR) is 137 cm³/mol. The average molecular weight is 482 g/mol. The van der Waals surface area contributed by atoms with Crippen LogP contribution in [0.5, 0.6) is 0 Å². The lowest BCUT2D eigenvalue weighted by atomic mass is 9.83. The quantitative estimate of drug-likeness (QED) is 0.444. The maximum Gasteiger partial charge on any atom is 0.318 e. The Labute approximate surface area is 207 Å². The van der Waals surface area contributed by atoms with Crippen LogP contribution >= 0.6 is 0 Å². The van der Waals surface area contributed by atoms with Crippen LogP contribution in [0, 0.1) is 19.8 Å². The molecule has 2 fully saturated rings. The molecule has 190 valence electrons. The van der Waals surface area contributed by atoms with E-state index in [1.165, 1.54) is 6.42 Å². The molecule has 1 unspecified atom stereocenters. The number of aryl methyl sites for hydroxylation is 2. The van der Waals surface area contributed by atoms with Gasteiger partial charge in [-0.15, -0.1) is 0 Å². The summed E-state index contributed by atoms with van der Waals surface area (Å²) in [4.78, 5) is 28.5. The number of hydrogen-bond donors (Lipinski definition) is 4. The summed E-state index contributed by atoms with van der Waals surface area (Å²) in [5, 5.41) is 22.6. The van der Waals surface area contributed by atoms with E-state index in [4.69, 9.17) is 0 Å². The molecule has 1 aliphatic carbocycles. The number of aliphatic hydroxyl groups excluding tert-OH is 1. The molecule has 2 aliphatic rings. The highest BCUT2D eigenvalue weighted by atomic mass is 16.3. The minimum Gasteiger partial charge on any atom is -0.396 e. The van der Waals surface area contributed by atoms with Gasteiger partial charge in [0.25, 0.3) is 0 Å². The lowest BCUT2D eigenvalue weighted by molar-refractivity contribution is -0.119. The second kappa shape index (κ2) is 11.7. The van der Waals surface area contributed by atoms with Gasteiger partial charge < -0.3 is 20.6 Å². The molecule has 8 nitrogen and oxygen atoms in total. The highest BCUT2D eigenvalue weighted by molar-refractivity contribution is 5.97. The number of aromatic amines is 1. The number of nitrogens with zero attached hydrogens (tertiary/aromatic N) is 2. The van der Waals surface area contributed by atoms with Crippen molar-refractivity contribution in [3.63, 3.8) is 0 Å². The standard InChI is InChI=1S/C27H39N5O3/c1-18-24(19(2)31-30-18)20-12-14-22(15-13-20)28-26(34)25(21-8-4-3-5-9-21)29-27(35)32-16-6-10-23(32)11-7-17-33/h12-15,21,23,25,33H,3-11,16-17H2,1-2H3,(H,28,34)(H,29,35)(H,30,31)/t23?,25-/m0/s1. The van der Waals surface area contributed by atoms with Gasteiger partial charge in [-0.1, -0.05) is 31.4 Å². The molecule has 2 atom stereocenters. The first-order valence-electron chi connectivity index (χ1n) is 13.1. The minimum absolute atomic E-state index is 0.136. The number of anilines is 1. The molecule has 2 heterocycles. The maximum absolute atomic E-state index is 13.4. The van der Waals surface area contributed by atoms with Crippen molar-refractivity contribution < 1.29 is 14.7 Å². The third-order valence-electron chi connectivity index (χ3n) is 7.59. The third-order valence-corrected chi connectivity index (χ3v) is 7.59. The SMILES string of the molecule is Cc1n[nH]c(C)c1-c1ccc(NC(=O)[C@@H](NC(=O)N2CCCC2CCCO)C2CCCCC2)cc1. The first-order valence-corrected chi connectivity index (χ1v) is 13.1. The van der Waals surface area contributed by atoms with Crippen molar-refractivity contribution >= 4 is 17.6 Å². The van der Waals surface area contributed by atoms with Crippen LogP contribution in [-0.4, -0.2) is 57.4 Å². The largest absolute Gasteiger partial charge is 0.396 e. The lowest BCUT2D eigenvalue weighted by Gasteiger charge is -2.33. The molecule has 0 spiro atoms. The maximum atomic E-state index is 13.4. The van der Waals surface area contributed by atoms with Gasteiger partial charge in [-0.2, -0.15) is 5.10 Å². The topological polar surface area (TPSA) is 110 Å². The van der Waals surface area contributed by atoms with Crippen molar-refractivity contribution in [3.8, 4) is 11.1 Å². The normalized spacial score (nSPS) is 19.5. The van der Waals surface area contributed by atoms with E-state index in [0.717, 1.165) is 73.1 Å². The van der Waals surface area contributed by atoms with Crippen LogP contribution in [-0.2, 0) is 4.79 Å². The number of hydrogen-bond acceptors (Lipinski definition) is 4. The predicted octanol–water partition coefficient (Wildman–Crippen LogP) is 4.53. The van der Waals surface area contributed by atoms with Gasteiger partial charge in [-0.05, 0) is 76.0 Å². The number of H-pyrrole nitrogens is 1. The molecular weight excluding hydrogens is 442 g/mol. The summed E-state index contributed by atoms with van der Waals surface area (Å²) in [6, 6.07) is 7.22. The number of aromatic nitrogens is 2. The smallest absolute Gasteiger partial charge is 0.318 e. The van der Waals surface area contributed by atoms with Gasteiger partial charge in [-0.25, -0.2) is 4.79 Å². The average Bonchev–Trinajstić information content (AvgIpc) is 3.48. The van der Waals surface area contributed by atoms with E-state index < -0.39 is 6.04 Å². The van der Waals surface area contributed by atoms with Gasteiger partial charge in [0.1, 0.15) is 6.04 Å². The molecule has 3 amide bonds. The highest BCUT2D eigenvalue weighted by Gasteiger charge is 2.35. The van der Waals surface area contributed by atoms with E-state index >= 15 is 0 Å². The molecule has 8 heteroatoms. The van der Waals surface area contributed by atoms with Crippen molar-refractivity contribution in [3.05, 3.63) is 35.7 Å². The van der Waals surface area contributed by atoms with Gasteiger partial charge in [0.15, 0.2) is 0 Å². The zero-order chi connectivity index (χ0) is 24.8. The summed E-state index contributed by atoms with van der Waals surface area (Å²) in [7, 11) is 0. The van der Waals surface area contributed by atoms with E-state index in [2.05, 4.69) is 20.8 Å². The van der Waals surface area contributed by atoms with Crippen LogP contribution in [0.4, 0.5) is 10.5 Å². The number of benzene rings is 1. The Morgan fingerprint density at radius 3 is 2.51 bits per heavy atom. The summed E-state index contributed by atoms with van der Waals surface area (Å²) in [5.74, 6) is -0.0125. The Bertz CT molecular complexity index is 977. The van der Waals surface area contributed by atoms with Gasteiger partial charge in [0, 0.05) is 36.1 Å². The van der Waals surface area contributed by atoms with Crippen LogP contribution in [0.15, 0.2) is 24.3 Å². The fourth-order valence-electron chi connectivity index (χ4n) is 5.73. The molecule has 0 radical (unpaired) electrons. The number of nitrogens with one attached hydrogen (secondary N) is 3. The minimum atomic E-state index is -0.556. The Morgan fingerprint density at radius 1 is 1.11 bits per heavy atom.